The molecule has 27 heavy (non-hydrogen) atoms. The van der Waals surface area contributed by atoms with Crippen LogP contribution in [0.1, 0.15) is 39.3 Å². The van der Waals surface area contributed by atoms with Crippen LogP contribution in [0, 0.1) is 12.8 Å². The van der Waals surface area contributed by atoms with Crippen LogP contribution in [0.4, 0.5) is 0 Å². The van der Waals surface area contributed by atoms with E-state index in [-0.39, 0.29) is 11.8 Å². The van der Waals surface area contributed by atoms with Gasteiger partial charge in [-0.1, -0.05) is 0 Å². The maximum absolute atomic E-state index is 12.7. The lowest BCUT2D eigenvalue weighted by atomic mass is 10.1. The number of carbonyl (C=O) groups excluding carboxylic acids is 2. The number of furan rings is 1. The maximum atomic E-state index is 12.7. The molecule has 1 saturated carbocycles. The molecule has 0 unspecified atom stereocenters. The van der Waals surface area contributed by atoms with E-state index in [1.807, 2.05) is 24.3 Å². The molecule has 4 rings (SSSR count). The van der Waals surface area contributed by atoms with Crippen LogP contribution in [0.5, 0.6) is 5.75 Å². The molecule has 2 amide bonds. The molecule has 142 valence electrons. The zero-order valence-electron chi connectivity index (χ0n) is 15.5. The second-order valence-corrected chi connectivity index (χ2v) is 7.25. The van der Waals surface area contributed by atoms with Crippen LogP contribution < -0.4 is 4.74 Å². The van der Waals surface area contributed by atoms with Crippen LogP contribution in [0.15, 0.2) is 41.0 Å². The molecule has 6 nitrogen and oxygen atoms in total. The Morgan fingerprint density at radius 3 is 2.19 bits per heavy atom. The molecule has 0 radical (unpaired) electrons. The van der Waals surface area contributed by atoms with Crippen molar-refractivity contribution >= 4 is 11.8 Å². The van der Waals surface area contributed by atoms with E-state index in [9.17, 15) is 9.59 Å². The van der Waals surface area contributed by atoms with Gasteiger partial charge in [-0.3, -0.25) is 9.59 Å². The number of hydrogen-bond acceptors (Lipinski definition) is 4. The summed E-state index contributed by atoms with van der Waals surface area (Å²) in [7, 11) is 0. The van der Waals surface area contributed by atoms with Gasteiger partial charge in [0.15, 0.2) is 0 Å². The number of piperazine rings is 1. The molecule has 1 aromatic carbocycles. The Kier molecular flexibility index (Phi) is 4.88. The highest BCUT2D eigenvalue weighted by Gasteiger charge is 2.27. The van der Waals surface area contributed by atoms with Gasteiger partial charge in [0.2, 0.25) is 0 Å². The molecule has 0 N–H and O–H groups in total. The van der Waals surface area contributed by atoms with E-state index in [0.717, 1.165) is 12.4 Å². The van der Waals surface area contributed by atoms with Gasteiger partial charge in [0.1, 0.15) is 11.5 Å². The predicted molar refractivity (Wildman–Crippen MR) is 99.9 cm³/mol. The molecular formula is C21H24N2O4. The molecule has 6 heteroatoms. The summed E-state index contributed by atoms with van der Waals surface area (Å²) in [6, 6.07) is 9.05. The average molecular weight is 368 g/mol. The average Bonchev–Trinajstić information content (AvgIpc) is 3.45. The van der Waals surface area contributed by atoms with E-state index >= 15 is 0 Å². The van der Waals surface area contributed by atoms with Crippen LogP contribution in [0.3, 0.4) is 0 Å². The SMILES string of the molecule is Cc1occc1C(=O)N1CCN(C(=O)c2ccc(OCC3CC3)cc2)CC1. The molecule has 2 heterocycles. The quantitative estimate of drug-likeness (QED) is 0.814. The van der Waals surface area contributed by atoms with Gasteiger partial charge in [0.05, 0.1) is 18.4 Å². The summed E-state index contributed by atoms with van der Waals surface area (Å²) >= 11 is 0. The summed E-state index contributed by atoms with van der Waals surface area (Å²) in [5.41, 5.74) is 1.25. The second kappa shape index (κ2) is 7.47. The van der Waals surface area contributed by atoms with Gasteiger partial charge in [0, 0.05) is 31.7 Å². The number of rotatable bonds is 5. The Morgan fingerprint density at radius 2 is 1.63 bits per heavy atom. The molecule has 1 aromatic heterocycles. The molecule has 0 bridgehead atoms. The summed E-state index contributed by atoms with van der Waals surface area (Å²) < 4.78 is 10.9. The van der Waals surface area contributed by atoms with Gasteiger partial charge in [-0.25, -0.2) is 0 Å². The van der Waals surface area contributed by atoms with E-state index in [1.54, 1.807) is 22.8 Å². The van der Waals surface area contributed by atoms with Gasteiger partial charge >= 0.3 is 0 Å². The highest BCUT2D eigenvalue weighted by atomic mass is 16.5. The van der Waals surface area contributed by atoms with Crippen LogP contribution in [-0.2, 0) is 0 Å². The number of carbonyl (C=O) groups is 2. The zero-order valence-corrected chi connectivity index (χ0v) is 15.5. The van der Waals surface area contributed by atoms with Crippen LogP contribution in [0.2, 0.25) is 0 Å². The molecule has 1 aliphatic heterocycles. The number of nitrogens with zero attached hydrogens (tertiary/aromatic N) is 2. The molecule has 2 fully saturated rings. The summed E-state index contributed by atoms with van der Waals surface area (Å²) in [5.74, 6) is 2.10. The van der Waals surface area contributed by atoms with Crippen molar-refractivity contribution in [3.63, 3.8) is 0 Å². The fourth-order valence-corrected chi connectivity index (χ4v) is 3.26. The second-order valence-electron chi connectivity index (χ2n) is 7.25. The third-order valence-corrected chi connectivity index (χ3v) is 5.23. The van der Waals surface area contributed by atoms with Crippen molar-refractivity contribution in [3.8, 4) is 5.75 Å². The lowest BCUT2D eigenvalue weighted by Gasteiger charge is -2.34. The minimum Gasteiger partial charge on any atom is -0.493 e. The van der Waals surface area contributed by atoms with Crippen LogP contribution in [-0.4, -0.2) is 54.4 Å². The zero-order chi connectivity index (χ0) is 18.8. The first-order chi connectivity index (χ1) is 13.1. The number of hydrogen-bond donors (Lipinski definition) is 0. The van der Waals surface area contributed by atoms with E-state index in [0.29, 0.717) is 49.0 Å². The standard InChI is InChI=1S/C21H24N2O4/c1-15-19(8-13-26-15)21(25)23-11-9-22(10-12-23)20(24)17-4-6-18(7-5-17)27-14-16-2-3-16/h4-8,13,16H,2-3,9-12,14H2,1H3. The van der Waals surface area contributed by atoms with Crippen molar-refractivity contribution < 1.29 is 18.7 Å². The fourth-order valence-electron chi connectivity index (χ4n) is 3.26. The van der Waals surface area contributed by atoms with Gasteiger partial charge in [-0.15, -0.1) is 0 Å². The van der Waals surface area contributed by atoms with E-state index in [4.69, 9.17) is 9.15 Å². The smallest absolute Gasteiger partial charge is 0.257 e. The molecular weight excluding hydrogens is 344 g/mol. The maximum Gasteiger partial charge on any atom is 0.257 e. The summed E-state index contributed by atoms with van der Waals surface area (Å²) in [5, 5.41) is 0. The first-order valence-electron chi connectivity index (χ1n) is 9.47. The van der Waals surface area contributed by atoms with Gasteiger partial charge in [0.25, 0.3) is 11.8 Å². The highest BCUT2D eigenvalue weighted by Crippen LogP contribution is 2.29. The minimum absolute atomic E-state index is 0.00432. The molecule has 0 spiro atoms. The molecule has 1 saturated heterocycles. The molecule has 0 atom stereocenters. The van der Waals surface area contributed by atoms with Crippen LogP contribution in [0.25, 0.3) is 0 Å². The Balaban J connectivity index is 1.31. The highest BCUT2D eigenvalue weighted by molar-refractivity contribution is 5.96. The van der Waals surface area contributed by atoms with Crippen molar-refractivity contribution in [2.45, 2.75) is 19.8 Å². The Bertz CT molecular complexity index is 815. The van der Waals surface area contributed by atoms with Crippen molar-refractivity contribution in [2.75, 3.05) is 32.8 Å². The van der Waals surface area contributed by atoms with Gasteiger partial charge < -0.3 is 19.0 Å². The summed E-state index contributed by atoms with van der Waals surface area (Å²) in [6.45, 7) is 4.66. The third-order valence-electron chi connectivity index (χ3n) is 5.23. The molecule has 1 aliphatic carbocycles. The number of aryl methyl sites for hydroxylation is 1. The predicted octanol–water partition coefficient (Wildman–Crippen LogP) is 2.98. The van der Waals surface area contributed by atoms with Crippen LogP contribution >= 0.6 is 0 Å². The topological polar surface area (TPSA) is 63.0 Å². The Hall–Kier alpha value is -2.76. The lowest BCUT2D eigenvalue weighted by Crippen LogP contribution is -2.50. The summed E-state index contributed by atoms with van der Waals surface area (Å²) in [4.78, 5) is 28.8. The van der Waals surface area contributed by atoms with Crippen molar-refractivity contribution in [1.82, 2.24) is 9.80 Å². The van der Waals surface area contributed by atoms with Crippen molar-refractivity contribution in [3.05, 3.63) is 53.5 Å². The number of amides is 2. The minimum atomic E-state index is -0.0366. The molecule has 2 aromatic rings. The fraction of sp³-hybridized carbons (Fsp3) is 0.429. The van der Waals surface area contributed by atoms with E-state index < -0.39 is 0 Å². The van der Waals surface area contributed by atoms with Crippen molar-refractivity contribution in [1.29, 1.82) is 0 Å². The van der Waals surface area contributed by atoms with E-state index in [1.165, 1.54) is 19.1 Å². The third kappa shape index (κ3) is 3.99. The lowest BCUT2D eigenvalue weighted by molar-refractivity contribution is 0.0534. The largest absolute Gasteiger partial charge is 0.493 e. The van der Waals surface area contributed by atoms with E-state index in [2.05, 4.69) is 0 Å². The normalized spacial score (nSPS) is 17.1. The first-order valence-corrected chi connectivity index (χ1v) is 9.47. The Labute approximate surface area is 158 Å². The monoisotopic (exact) mass is 368 g/mol. The first kappa shape index (κ1) is 17.6. The van der Waals surface area contributed by atoms with Gasteiger partial charge in [-0.2, -0.15) is 0 Å². The number of ether oxygens (including phenoxy) is 1. The van der Waals surface area contributed by atoms with Crippen molar-refractivity contribution in [2.24, 2.45) is 5.92 Å². The Morgan fingerprint density at radius 1 is 1.00 bits per heavy atom. The number of benzene rings is 1. The summed E-state index contributed by atoms with van der Waals surface area (Å²) in [6.07, 6.45) is 4.04. The molecule has 2 aliphatic rings. The van der Waals surface area contributed by atoms with Gasteiger partial charge in [-0.05, 0) is 56.0 Å².